The number of benzene rings is 1. The van der Waals surface area contributed by atoms with Crippen molar-refractivity contribution in [3.05, 3.63) is 22.7 Å². The molecule has 7 heteroatoms. The molecule has 0 fully saturated rings. The number of carbonyl (C=O) groups is 1. The standard InChI is InChI=1S/C12H17ClN2O4/c1-6(14)11(17)7-3-8(13)12(9(4-7)18-2)19-5-10(15)16/h3-4,6,11,17H,5,14H2,1-2H3,(H2,15,16). The van der Waals surface area contributed by atoms with Crippen LogP contribution in [0.4, 0.5) is 0 Å². The highest BCUT2D eigenvalue weighted by atomic mass is 35.5. The fraction of sp³-hybridized carbons (Fsp3) is 0.417. The summed E-state index contributed by atoms with van der Waals surface area (Å²) in [6, 6.07) is 2.60. The summed E-state index contributed by atoms with van der Waals surface area (Å²) in [4.78, 5) is 10.7. The highest BCUT2D eigenvalue weighted by molar-refractivity contribution is 6.32. The van der Waals surface area contributed by atoms with E-state index >= 15 is 0 Å². The zero-order chi connectivity index (χ0) is 14.6. The van der Waals surface area contributed by atoms with Crippen LogP contribution < -0.4 is 20.9 Å². The molecule has 0 aromatic heterocycles. The number of hydrogen-bond acceptors (Lipinski definition) is 5. The van der Waals surface area contributed by atoms with Gasteiger partial charge in [0.25, 0.3) is 5.91 Å². The summed E-state index contributed by atoms with van der Waals surface area (Å²) < 4.78 is 10.3. The Balaban J connectivity index is 3.10. The second-order valence-electron chi connectivity index (χ2n) is 4.09. The molecule has 19 heavy (non-hydrogen) atoms. The van der Waals surface area contributed by atoms with Gasteiger partial charge in [-0.05, 0) is 24.6 Å². The molecule has 2 atom stereocenters. The quantitative estimate of drug-likeness (QED) is 0.710. The van der Waals surface area contributed by atoms with Crippen LogP contribution in [0.3, 0.4) is 0 Å². The Hall–Kier alpha value is -1.50. The van der Waals surface area contributed by atoms with Crippen LogP contribution >= 0.6 is 11.6 Å². The third-order valence-corrected chi connectivity index (χ3v) is 2.73. The lowest BCUT2D eigenvalue weighted by atomic mass is 10.0. The van der Waals surface area contributed by atoms with Gasteiger partial charge in [0, 0.05) is 6.04 Å². The lowest BCUT2D eigenvalue weighted by Crippen LogP contribution is -2.24. The number of rotatable bonds is 6. The van der Waals surface area contributed by atoms with Gasteiger partial charge in [-0.1, -0.05) is 11.6 Å². The van der Waals surface area contributed by atoms with Crippen LogP contribution in [0.15, 0.2) is 12.1 Å². The predicted molar refractivity (Wildman–Crippen MR) is 71.3 cm³/mol. The minimum atomic E-state index is -0.878. The van der Waals surface area contributed by atoms with Gasteiger partial charge in [-0.3, -0.25) is 4.79 Å². The van der Waals surface area contributed by atoms with Gasteiger partial charge < -0.3 is 26.0 Å². The smallest absolute Gasteiger partial charge is 0.255 e. The van der Waals surface area contributed by atoms with Crippen molar-refractivity contribution in [3.63, 3.8) is 0 Å². The third kappa shape index (κ3) is 3.99. The van der Waals surface area contributed by atoms with Gasteiger partial charge in [-0.15, -0.1) is 0 Å². The Bertz CT molecular complexity index is 465. The Kier molecular flexibility index (Phi) is 5.41. The normalized spacial score (nSPS) is 13.7. The van der Waals surface area contributed by atoms with Gasteiger partial charge in [0.05, 0.1) is 18.2 Å². The first-order valence-corrected chi connectivity index (χ1v) is 5.96. The molecule has 1 rings (SSSR count). The van der Waals surface area contributed by atoms with Crippen LogP contribution in [0.25, 0.3) is 0 Å². The number of methoxy groups -OCH3 is 1. The van der Waals surface area contributed by atoms with Crippen molar-refractivity contribution < 1.29 is 19.4 Å². The Morgan fingerprint density at radius 2 is 2.16 bits per heavy atom. The van der Waals surface area contributed by atoms with E-state index in [1.165, 1.54) is 13.2 Å². The zero-order valence-electron chi connectivity index (χ0n) is 10.7. The third-order valence-electron chi connectivity index (χ3n) is 2.45. The molecule has 0 heterocycles. The van der Waals surface area contributed by atoms with E-state index in [2.05, 4.69) is 0 Å². The van der Waals surface area contributed by atoms with Crippen molar-refractivity contribution in [1.82, 2.24) is 0 Å². The predicted octanol–water partition coefficient (Wildman–Crippen LogP) is 0.593. The maximum Gasteiger partial charge on any atom is 0.255 e. The number of primary amides is 1. The van der Waals surface area contributed by atoms with Gasteiger partial charge >= 0.3 is 0 Å². The largest absolute Gasteiger partial charge is 0.493 e. The minimum Gasteiger partial charge on any atom is -0.493 e. The first-order chi connectivity index (χ1) is 8.86. The molecule has 0 spiro atoms. The van der Waals surface area contributed by atoms with E-state index in [1.807, 2.05) is 0 Å². The van der Waals surface area contributed by atoms with Crippen LogP contribution in [-0.2, 0) is 4.79 Å². The van der Waals surface area contributed by atoms with Crippen LogP contribution in [-0.4, -0.2) is 30.8 Å². The molecule has 1 aromatic carbocycles. The van der Waals surface area contributed by atoms with Gasteiger partial charge in [0.1, 0.15) is 0 Å². The summed E-state index contributed by atoms with van der Waals surface area (Å²) in [5.74, 6) is -0.134. The summed E-state index contributed by atoms with van der Waals surface area (Å²) >= 11 is 6.04. The number of amides is 1. The molecular formula is C12H17ClN2O4. The van der Waals surface area contributed by atoms with Crippen molar-refractivity contribution in [2.45, 2.75) is 19.1 Å². The zero-order valence-corrected chi connectivity index (χ0v) is 11.5. The van der Waals surface area contributed by atoms with Gasteiger partial charge in [0.2, 0.25) is 0 Å². The molecular weight excluding hydrogens is 272 g/mol. The van der Waals surface area contributed by atoms with Gasteiger partial charge in [-0.2, -0.15) is 0 Å². The molecule has 106 valence electrons. The van der Waals surface area contributed by atoms with Crippen LogP contribution in [0, 0.1) is 0 Å². The number of hydrogen-bond donors (Lipinski definition) is 3. The number of ether oxygens (including phenoxy) is 2. The average Bonchev–Trinajstić information content (AvgIpc) is 2.34. The fourth-order valence-corrected chi connectivity index (χ4v) is 1.77. The van der Waals surface area contributed by atoms with Crippen LogP contribution in [0.1, 0.15) is 18.6 Å². The van der Waals surface area contributed by atoms with Crippen molar-refractivity contribution in [2.75, 3.05) is 13.7 Å². The highest BCUT2D eigenvalue weighted by Crippen LogP contribution is 2.38. The van der Waals surface area contributed by atoms with E-state index in [4.69, 9.17) is 32.5 Å². The number of aliphatic hydroxyl groups excluding tert-OH is 1. The van der Waals surface area contributed by atoms with E-state index in [9.17, 15) is 9.90 Å². The van der Waals surface area contributed by atoms with Crippen molar-refractivity contribution in [3.8, 4) is 11.5 Å². The number of nitrogens with two attached hydrogens (primary N) is 2. The van der Waals surface area contributed by atoms with E-state index in [-0.39, 0.29) is 17.4 Å². The monoisotopic (exact) mass is 288 g/mol. The lowest BCUT2D eigenvalue weighted by molar-refractivity contribution is -0.119. The van der Waals surface area contributed by atoms with E-state index < -0.39 is 18.1 Å². The average molecular weight is 289 g/mol. The highest BCUT2D eigenvalue weighted by Gasteiger charge is 2.19. The Morgan fingerprint density at radius 3 is 2.63 bits per heavy atom. The van der Waals surface area contributed by atoms with Gasteiger partial charge in [0.15, 0.2) is 18.1 Å². The molecule has 0 bridgehead atoms. The maximum atomic E-state index is 10.7. The number of halogens is 1. The summed E-state index contributed by atoms with van der Waals surface area (Å²) in [6.45, 7) is 1.35. The van der Waals surface area contributed by atoms with Crippen LogP contribution in [0.5, 0.6) is 11.5 Å². The first kappa shape index (κ1) is 15.6. The Labute approximate surface area is 116 Å². The molecule has 0 saturated heterocycles. The van der Waals surface area contributed by atoms with Gasteiger partial charge in [-0.25, -0.2) is 0 Å². The van der Waals surface area contributed by atoms with Crippen molar-refractivity contribution >= 4 is 17.5 Å². The first-order valence-electron chi connectivity index (χ1n) is 5.59. The number of aliphatic hydroxyl groups is 1. The molecule has 0 radical (unpaired) electrons. The summed E-state index contributed by atoms with van der Waals surface area (Å²) in [6.07, 6.45) is -0.878. The van der Waals surface area contributed by atoms with Crippen molar-refractivity contribution in [1.29, 1.82) is 0 Å². The lowest BCUT2D eigenvalue weighted by Gasteiger charge is -2.18. The topological polar surface area (TPSA) is 108 Å². The summed E-state index contributed by atoms with van der Waals surface area (Å²) in [5, 5.41) is 10.1. The molecule has 0 aliphatic heterocycles. The molecule has 2 unspecified atom stereocenters. The molecule has 1 amide bonds. The SMILES string of the molecule is COc1cc(C(O)C(C)N)cc(Cl)c1OCC(N)=O. The molecule has 0 aliphatic carbocycles. The summed E-state index contributed by atoms with van der Waals surface area (Å²) in [7, 11) is 1.42. The molecule has 0 saturated carbocycles. The fourth-order valence-electron chi connectivity index (χ4n) is 1.50. The summed E-state index contributed by atoms with van der Waals surface area (Å²) in [5.41, 5.74) is 11.1. The second-order valence-corrected chi connectivity index (χ2v) is 4.50. The van der Waals surface area contributed by atoms with Crippen molar-refractivity contribution in [2.24, 2.45) is 11.5 Å². The molecule has 5 N–H and O–H groups in total. The molecule has 1 aromatic rings. The maximum absolute atomic E-state index is 10.7. The van der Waals surface area contributed by atoms with E-state index in [1.54, 1.807) is 13.0 Å². The number of carbonyl (C=O) groups excluding carboxylic acids is 1. The Morgan fingerprint density at radius 1 is 1.53 bits per heavy atom. The van der Waals surface area contributed by atoms with E-state index in [0.717, 1.165) is 0 Å². The van der Waals surface area contributed by atoms with Crippen LogP contribution in [0.2, 0.25) is 5.02 Å². The minimum absolute atomic E-state index is 0.198. The molecule has 6 nitrogen and oxygen atoms in total. The second kappa shape index (κ2) is 6.60. The molecule has 0 aliphatic rings. The van der Waals surface area contributed by atoms with E-state index in [0.29, 0.717) is 11.3 Å².